The molecule has 1 aromatic heterocycles. The summed E-state index contributed by atoms with van der Waals surface area (Å²) in [4.78, 5) is 20.6. The van der Waals surface area contributed by atoms with E-state index in [9.17, 15) is 4.79 Å². The number of methoxy groups -OCH3 is 1. The summed E-state index contributed by atoms with van der Waals surface area (Å²) in [5, 5.41) is 6.80. The van der Waals surface area contributed by atoms with E-state index in [-0.39, 0.29) is 12.1 Å². The van der Waals surface area contributed by atoms with Gasteiger partial charge in [-0.05, 0) is 38.0 Å². The quantitative estimate of drug-likeness (QED) is 0.812. The van der Waals surface area contributed by atoms with Crippen LogP contribution in [0.4, 0.5) is 9.93 Å². The summed E-state index contributed by atoms with van der Waals surface area (Å²) in [6, 6.07) is 0.131. The first-order valence-corrected chi connectivity index (χ1v) is 10.3. The number of carbonyl (C=O) groups is 1. The molecule has 1 atom stereocenters. The first-order valence-electron chi connectivity index (χ1n) is 9.45. The van der Waals surface area contributed by atoms with Crippen LogP contribution in [-0.4, -0.2) is 55.3 Å². The Morgan fingerprint density at radius 3 is 2.88 bits per heavy atom. The zero-order valence-electron chi connectivity index (χ0n) is 15.3. The fourth-order valence-corrected chi connectivity index (χ4v) is 4.80. The Hall–Kier alpha value is -1.18. The molecule has 140 valence electrons. The molecule has 6 nitrogen and oxygen atoms in total. The minimum atomic E-state index is -0.117. The number of likely N-dealkylation sites (tertiary alicyclic amines) is 1. The van der Waals surface area contributed by atoms with Crippen molar-refractivity contribution in [3.63, 3.8) is 0 Å². The molecule has 1 aromatic rings. The number of ether oxygens (including phenoxy) is 1. The van der Waals surface area contributed by atoms with Gasteiger partial charge >= 0.3 is 6.03 Å². The summed E-state index contributed by atoms with van der Waals surface area (Å²) >= 11 is 1.65. The second kappa shape index (κ2) is 8.96. The van der Waals surface area contributed by atoms with Crippen LogP contribution in [0.15, 0.2) is 0 Å². The van der Waals surface area contributed by atoms with E-state index in [1.807, 2.05) is 0 Å². The number of nitrogens with zero attached hydrogens (tertiary/aromatic N) is 2. The van der Waals surface area contributed by atoms with E-state index >= 15 is 0 Å². The summed E-state index contributed by atoms with van der Waals surface area (Å²) < 4.78 is 5.12. The van der Waals surface area contributed by atoms with Gasteiger partial charge in [-0.1, -0.05) is 13.3 Å². The van der Waals surface area contributed by atoms with Crippen molar-refractivity contribution >= 4 is 22.5 Å². The third-order valence-corrected chi connectivity index (χ3v) is 6.41. The van der Waals surface area contributed by atoms with Gasteiger partial charge < -0.3 is 15.0 Å². The number of hydrogen-bond donors (Lipinski definition) is 2. The Morgan fingerprint density at radius 2 is 2.16 bits per heavy atom. The highest BCUT2D eigenvalue weighted by atomic mass is 32.1. The molecule has 1 unspecified atom stereocenters. The van der Waals surface area contributed by atoms with Crippen LogP contribution in [0.5, 0.6) is 0 Å². The van der Waals surface area contributed by atoms with Crippen LogP contribution < -0.4 is 10.6 Å². The first kappa shape index (κ1) is 18.6. The maximum Gasteiger partial charge on any atom is 0.321 e. The van der Waals surface area contributed by atoms with Gasteiger partial charge in [0.2, 0.25) is 0 Å². The molecular formula is C18H30N4O2S. The fraction of sp³-hybridized carbons (Fsp3) is 0.778. The number of aromatic nitrogens is 1. The largest absolute Gasteiger partial charge is 0.383 e. The summed E-state index contributed by atoms with van der Waals surface area (Å²) in [7, 11) is 1.73. The lowest BCUT2D eigenvalue weighted by atomic mass is 9.89. The Bertz CT molecular complexity index is 569. The van der Waals surface area contributed by atoms with E-state index in [1.165, 1.54) is 23.4 Å². The SMILES string of the molecule is CCC1CCc2nc(NC(=O)NC3CCN(CCOC)CC3)sc2C1. The zero-order valence-corrected chi connectivity index (χ0v) is 16.2. The number of nitrogens with one attached hydrogen (secondary N) is 2. The van der Waals surface area contributed by atoms with Gasteiger partial charge in [0.1, 0.15) is 0 Å². The third kappa shape index (κ3) is 5.15. The number of piperidine rings is 1. The van der Waals surface area contributed by atoms with Crippen LogP contribution in [0.3, 0.4) is 0 Å². The van der Waals surface area contributed by atoms with E-state index in [1.54, 1.807) is 18.4 Å². The zero-order chi connectivity index (χ0) is 17.6. The topological polar surface area (TPSA) is 66.5 Å². The summed E-state index contributed by atoms with van der Waals surface area (Å²) in [6.07, 6.45) is 6.60. The van der Waals surface area contributed by atoms with E-state index in [4.69, 9.17) is 4.74 Å². The van der Waals surface area contributed by atoms with Gasteiger partial charge in [0.15, 0.2) is 5.13 Å². The molecule has 1 aliphatic heterocycles. The van der Waals surface area contributed by atoms with Crippen molar-refractivity contribution < 1.29 is 9.53 Å². The highest BCUT2D eigenvalue weighted by Crippen LogP contribution is 2.33. The van der Waals surface area contributed by atoms with Gasteiger partial charge in [-0.25, -0.2) is 9.78 Å². The molecule has 25 heavy (non-hydrogen) atoms. The number of fused-ring (bicyclic) bond motifs is 1. The van der Waals surface area contributed by atoms with Gasteiger partial charge in [-0.15, -0.1) is 11.3 Å². The summed E-state index contributed by atoms with van der Waals surface area (Å²) in [6.45, 7) is 6.02. The van der Waals surface area contributed by atoms with Crippen molar-refractivity contribution in [3.05, 3.63) is 10.6 Å². The number of amides is 2. The predicted molar refractivity (Wildman–Crippen MR) is 101 cm³/mol. The lowest BCUT2D eigenvalue weighted by molar-refractivity contribution is 0.127. The van der Waals surface area contributed by atoms with E-state index in [2.05, 4.69) is 27.4 Å². The molecule has 0 aromatic carbocycles. The number of thiazole rings is 1. The number of urea groups is 1. The minimum Gasteiger partial charge on any atom is -0.383 e. The van der Waals surface area contributed by atoms with E-state index in [0.717, 1.165) is 63.0 Å². The van der Waals surface area contributed by atoms with Gasteiger partial charge in [0.25, 0.3) is 0 Å². The lowest BCUT2D eigenvalue weighted by Crippen LogP contribution is -2.46. The minimum absolute atomic E-state index is 0.117. The molecule has 1 aliphatic carbocycles. The van der Waals surface area contributed by atoms with E-state index < -0.39 is 0 Å². The molecule has 0 bridgehead atoms. The molecule has 2 heterocycles. The molecule has 3 rings (SSSR count). The monoisotopic (exact) mass is 366 g/mol. The number of rotatable bonds is 6. The Morgan fingerprint density at radius 1 is 1.36 bits per heavy atom. The molecule has 2 aliphatic rings. The van der Waals surface area contributed by atoms with Gasteiger partial charge in [-0.3, -0.25) is 5.32 Å². The second-order valence-electron chi connectivity index (χ2n) is 7.11. The van der Waals surface area contributed by atoms with E-state index in [0.29, 0.717) is 0 Å². The molecule has 2 amide bonds. The molecule has 7 heteroatoms. The molecule has 0 saturated carbocycles. The van der Waals surface area contributed by atoms with Gasteiger partial charge in [0, 0.05) is 37.7 Å². The number of anilines is 1. The van der Waals surface area contributed by atoms with Crippen LogP contribution in [0, 0.1) is 5.92 Å². The van der Waals surface area contributed by atoms with Crippen LogP contribution in [0.2, 0.25) is 0 Å². The molecule has 2 N–H and O–H groups in total. The van der Waals surface area contributed by atoms with Crippen LogP contribution >= 0.6 is 11.3 Å². The molecule has 0 radical (unpaired) electrons. The first-order chi connectivity index (χ1) is 12.2. The van der Waals surface area contributed by atoms with Crippen molar-refractivity contribution in [1.82, 2.24) is 15.2 Å². The van der Waals surface area contributed by atoms with Crippen LogP contribution in [0.25, 0.3) is 0 Å². The molecule has 0 spiro atoms. The second-order valence-corrected chi connectivity index (χ2v) is 8.20. The number of carbonyl (C=O) groups excluding carboxylic acids is 1. The van der Waals surface area contributed by atoms with Crippen molar-refractivity contribution in [1.29, 1.82) is 0 Å². The Kier molecular flexibility index (Phi) is 6.67. The highest BCUT2D eigenvalue weighted by molar-refractivity contribution is 7.15. The normalized spacial score (nSPS) is 21.8. The van der Waals surface area contributed by atoms with Crippen molar-refractivity contribution in [2.24, 2.45) is 5.92 Å². The van der Waals surface area contributed by atoms with Crippen molar-refractivity contribution in [2.75, 3.05) is 38.7 Å². The standard InChI is InChI=1S/C18H30N4O2S/c1-3-13-4-5-15-16(12-13)25-18(20-15)21-17(23)19-14-6-8-22(9-7-14)10-11-24-2/h13-14H,3-12H2,1-2H3,(H2,19,20,21,23). The Balaban J connectivity index is 1.44. The average molecular weight is 367 g/mol. The summed E-state index contributed by atoms with van der Waals surface area (Å²) in [5.74, 6) is 0.776. The molecule has 1 fully saturated rings. The van der Waals surface area contributed by atoms with Crippen LogP contribution in [-0.2, 0) is 17.6 Å². The smallest absolute Gasteiger partial charge is 0.321 e. The lowest BCUT2D eigenvalue weighted by Gasteiger charge is -2.31. The number of aryl methyl sites for hydroxylation is 1. The van der Waals surface area contributed by atoms with Gasteiger partial charge in [0.05, 0.1) is 12.3 Å². The fourth-order valence-electron chi connectivity index (χ4n) is 3.69. The Labute approximate surface area is 154 Å². The highest BCUT2D eigenvalue weighted by Gasteiger charge is 2.23. The summed E-state index contributed by atoms with van der Waals surface area (Å²) in [5.41, 5.74) is 1.19. The van der Waals surface area contributed by atoms with Gasteiger partial charge in [-0.2, -0.15) is 0 Å². The maximum atomic E-state index is 12.3. The van der Waals surface area contributed by atoms with Crippen molar-refractivity contribution in [2.45, 2.75) is 51.5 Å². The maximum absolute atomic E-state index is 12.3. The van der Waals surface area contributed by atoms with Crippen LogP contribution in [0.1, 0.15) is 43.2 Å². The average Bonchev–Trinajstić information content (AvgIpc) is 3.02. The number of hydrogen-bond acceptors (Lipinski definition) is 5. The molecular weight excluding hydrogens is 336 g/mol. The predicted octanol–water partition coefficient (Wildman–Crippen LogP) is 2.89. The third-order valence-electron chi connectivity index (χ3n) is 5.37. The molecule has 1 saturated heterocycles. The van der Waals surface area contributed by atoms with Crippen molar-refractivity contribution in [3.8, 4) is 0 Å².